The Morgan fingerprint density at radius 2 is 1.49 bits per heavy atom. The molecule has 0 bridgehead atoms. The van der Waals surface area contributed by atoms with Crippen molar-refractivity contribution < 1.29 is 20.1 Å². The second-order valence-corrected chi connectivity index (χ2v) is 24.3. The average Bonchev–Trinajstić information content (AvgIpc) is 3.84. The third-order valence-corrected chi connectivity index (χ3v) is 14.7. The van der Waals surface area contributed by atoms with Crippen LogP contribution in [0.1, 0.15) is 75.6 Å². The first-order valence-electron chi connectivity index (χ1n) is 21.6. The molecular formula is C55H53IrN5SSi-2. The molecule has 0 fully saturated rings. The summed E-state index contributed by atoms with van der Waals surface area (Å²) in [6.45, 7) is 20.8. The minimum atomic E-state index is -1.35. The molecule has 0 aliphatic rings. The molecule has 9 aromatic rings. The van der Waals surface area contributed by atoms with E-state index in [0.717, 1.165) is 54.9 Å². The number of nitriles is 1. The van der Waals surface area contributed by atoms with Crippen LogP contribution in [0.3, 0.4) is 0 Å². The number of fused-ring (bicyclic) bond motifs is 4. The minimum Gasteiger partial charge on any atom is -0.333 e. The molecule has 319 valence electrons. The van der Waals surface area contributed by atoms with Crippen LogP contribution >= 0.6 is 11.3 Å². The van der Waals surface area contributed by atoms with Crippen molar-refractivity contribution >= 4 is 55.8 Å². The van der Waals surface area contributed by atoms with Crippen LogP contribution in [0.2, 0.25) is 19.6 Å². The molecular weight excluding hydrogens is 983 g/mol. The molecule has 5 nitrogen and oxygen atoms in total. The molecule has 0 unspecified atom stereocenters. The van der Waals surface area contributed by atoms with E-state index in [-0.39, 0.29) is 20.1 Å². The molecule has 0 amide bonds. The smallest absolute Gasteiger partial charge is 0.0992 e. The summed E-state index contributed by atoms with van der Waals surface area (Å²) in [6, 6.07) is 47.2. The molecule has 0 atom stereocenters. The van der Waals surface area contributed by atoms with Crippen molar-refractivity contribution in [1.29, 1.82) is 5.26 Å². The van der Waals surface area contributed by atoms with Gasteiger partial charge in [0.15, 0.2) is 0 Å². The number of para-hydroxylation sites is 2. The Hall–Kier alpha value is -5.55. The van der Waals surface area contributed by atoms with Gasteiger partial charge in [0, 0.05) is 36.7 Å². The van der Waals surface area contributed by atoms with Crippen molar-refractivity contribution in [2.24, 2.45) is 5.92 Å². The molecule has 4 heterocycles. The first-order valence-corrected chi connectivity index (χ1v) is 25.9. The van der Waals surface area contributed by atoms with Gasteiger partial charge in [-0.3, -0.25) is 9.97 Å². The summed E-state index contributed by atoms with van der Waals surface area (Å²) in [5.74, 6) is 2.14. The average molecular weight is 1040 g/mol. The fraction of sp³-hybridized carbons (Fsp3) is 0.236. The summed E-state index contributed by atoms with van der Waals surface area (Å²) in [4.78, 5) is 14.0. The van der Waals surface area contributed by atoms with E-state index in [1.54, 1.807) is 23.7 Å². The molecule has 9 rings (SSSR count). The maximum Gasteiger partial charge on any atom is 0.0992 e. The Morgan fingerprint density at radius 1 is 0.778 bits per heavy atom. The van der Waals surface area contributed by atoms with Crippen molar-refractivity contribution in [2.75, 3.05) is 0 Å². The monoisotopic (exact) mass is 1040 g/mol. The molecule has 5 aromatic carbocycles. The van der Waals surface area contributed by atoms with Crippen molar-refractivity contribution in [3.05, 3.63) is 162 Å². The molecule has 63 heavy (non-hydrogen) atoms. The number of aromatic nitrogens is 4. The van der Waals surface area contributed by atoms with Gasteiger partial charge >= 0.3 is 0 Å². The molecule has 0 saturated carbocycles. The van der Waals surface area contributed by atoms with Gasteiger partial charge in [-0.15, -0.1) is 24.3 Å². The predicted octanol–water partition coefficient (Wildman–Crippen LogP) is 14.3. The quantitative estimate of drug-likeness (QED) is 0.107. The van der Waals surface area contributed by atoms with Crippen molar-refractivity contribution in [2.45, 2.75) is 79.4 Å². The van der Waals surface area contributed by atoms with E-state index in [9.17, 15) is 5.26 Å². The van der Waals surface area contributed by atoms with Gasteiger partial charge in [0.1, 0.15) is 0 Å². The summed E-state index contributed by atoms with van der Waals surface area (Å²) in [6.07, 6.45) is 6.70. The summed E-state index contributed by atoms with van der Waals surface area (Å²) < 4.78 is 4.62. The number of thiophene rings is 1. The Morgan fingerprint density at radius 3 is 2.14 bits per heavy atom. The second kappa shape index (κ2) is 19.0. The van der Waals surface area contributed by atoms with Crippen molar-refractivity contribution in [1.82, 2.24) is 19.5 Å². The number of rotatable bonds is 9. The van der Waals surface area contributed by atoms with Gasteiger partial charge in [0.2, 0.25) is 0 Å². The van der Waals surface area contributed by atoms with E-state index in [1.807, 2.05) is 24.3 Å². The fourth-order valence-corrected chi connectivity index (χ4v) is 11.2. The zero-order valence-electron chi connectivity index (χ0n) is 37.5. The summed E-state index contributed by atoms with van der Waals surface area (Å²) >= 11 is 1.71. The Balaban J connectivity index is 0.000000239. The Kier molecular flexibility index (Phi) is 13.7. The first-order chi connectivity index (χ1) is 29.8. The number of benzene rings is 5. The molecule has 0 N–H and O–H groups in total. The van der Waals surface area contributed by atoms with Crippen molar-refractivity contribution in [3.8, 4) is 45.5 Å². The second-order valence-electron chi connectivity index (χ2n) is 18.2. The Bertz CT molecular complexity index is 3050. The van der Waals surface area contributed by atoms with Crippen molar-refractivity contribution in [3.63, 3.8) is 0 Å². The number of imidazole rings is 1. The molecule has 1 radical (unpaired) electrons. The maximum absolute atomic E-state index is 9.52. The summed E-state index contributed by atoms with van der Waals surface area (Å²) in [5.41, 5.74) is 13.5. The van der Waals surface area contributed by atoms with Gasteiger partial charge in [-0.2, -0.15) is 28.2 Å². The topological polar surface area (TPSA) is 67.4 Å². The van der Waals surface area contributed by atoms with Crippen LogP contribution in [0.25, 0.3) is 70.7 Å². The van der Waals surface area contributed by atoms with Crippen LogP contribution in [0.15, 0.2) is 128 Å². The zero-order valence-corrected chi connectivity index (χ0v) is 41.8. The summed E-state index contributed by atoms with van der Waals surface area (Å²) in [5, 5.41) is 13.3. The number of hydrogen-bond acceptors (Lipinski definition) is 5. The maximum atomic E-state index is 9.52. The van der Waals surface area contributed by atoms with E-state index < -0.39 is 8.07 Å². The van der Waals surface area contributed by atoms with Crippen LogP contribution < -0.4 is 5.19 Å². The third kappa shape index (κ3) is 9.40. The van der Waals surface area contributed by atoms with Gasteiger partial charge in [-0.05, 0) is 116 Å². The molecule has 0 aliphatic carbocycles. The van der Waals surface area contributed by atoms with Gasteiger partial charge in [-0.25, -0.2) is 0 Å². The standard InChI is InChI=1S/C38H30N3S.C17H23N2Si.Ir/c1-23(2)31-20-27(26-11-6-5-7-12-26)21-32(24(3)4)36(31)41-34-16-9-8-15-33(34)40-38(41)30-14-10-13-29-28-18-17-25(22-39)19-35(28)42-37(29)30;1-13(2)10-15-11-16(14-6-8-18-9-7-14)19-12-17(15)20(3,4)5;/h5-13,15-21,23-24H,1-4H3;6,8-9,11-13H,10H2,1-5H3;/q2*-1;. The van der Waals surface area contributed by atoms with E-state index >= 15 is 0 Å². The van der Waals surface area contributed by atoms with Crippen LogP contribution in [0, 0.1) is 29.4 Å². The van der Waals surface area contributed by atoms with E-state index in [2.05, 4.69) is 185 Å². The van der Waals surface area contributed by atoms with Gasteiger partial charge in [-0.1, -0.05) is 132 Å². The number of hydrogen-bond donors (Lipinski definition) is 0. The molecule has 0 aliphatic heterocycles. The normalized spacial score (nSPS) is 11.6. The largest absolute Gasteiger partial charge is 0.333 e. The van der Waals surface area contributed by atoms with Crippen LogP contribution in [-0.2, 0) is 26.5 Å². The van der Waals surface area contributed by atoms with Gasteiger partial charge in [0.25, 0.3) is 0 Å². The first kappa shape index (κ1) is 45.5. The predicted molar refractivity (Wildman–Crippen MR) is 264 cm³/mol. The number of pyridine rings is 2. The SMILES string of the molecule is CC(C)Cc1cc(-c2[c-]cncc2)ncc1[Si](C)(C)C.CC(C)c1cc(-c2ccccc2)cc(C(C)C)c1-n1c(-c2[c-]ccc3c2sc2cc(C#N)ccc23)nc2ccccc21.[Ir]. The fourth-order valence-electron chi connectivity index (χ4n) is 8.42. The van der Waals surface area contributed by atoms with E-state index in [4.69, 9.17) is 4.98 Å². The molecule has 0 saturated heterocycles. The van der Waals surface area contributed by atoms with Crippen LogP contribution in [-0.4, -0.2) is 27.6 Å². The van der Waals surface area contributed by atoms with E-state index in [1.165, 1.54) is 44.1 Å². The van der Waals surface area contributed by atoms with E-state index in [0.29, 0.717) is 23.3 Å². The third-order valence-electron chi connectivity index (χ3n) is 11.4. The number of nitrogens with zero attached hydrogens (tertiary/aromatic N) is 5. The Labute approximate surface area is 391 Å². The van der Waals surface area contributed by atoms with Gasteiger partial charge in [0.05, 0.1) is 36.6 Å². The summed E-state index contributed by atoms with van der Waals surface area (Å²) in [7, 11) is -1.35. The van der Waals surface area contributed by atoms with Crippen LogP contribution in [0.5, 0.6) is 0 Å². The molecule has 4 aromatic heterocycles. The zero-order chi connectivity index (χ0) is 43.7. The minimum absolute atomic E-state index is 0. The molecule has 8 heteroatoms. The van der Waals surface area contributed by atoms with Gasteiger partial charge < -0.3 is 9.55 Å². The molecule has 0 spiro atoms. The van der Waals surface area contributed by atoms with Crippen LogP contribution in [0.4, 0.5) is 0 Å².